The number of hydrogen-bond acceptors (Lipinski definition) is 4. The van der Waals surface area contributed by atoms with E-state index in [0.717, 1.165) is 25.3 Å². The number of carbonyl (C=O) groups is 1. The number of sulfonamides is 1. The summed E-state index contributed by atoms with van der Waals surface area (Å²) in [6, 6.07) is 10.0. The zero-order chi connectivity index (χ0) is 20.1. The minimum absolute atomic E-state index is 0.103. The van der Waals surface area contributed by atoms with Crippen molar-refractivity contribution in [3.63, 3.8) is 0 Å². The van der Waals surface area contributed by atoms with Crippen LogP contribution in [-0.2, 0) is 14.8 Å². The second kappa shape index (κ2) is 8.89. The molecule has 0 bridgehead atoms. The highest BCUT2D eigenvalue weighted by Crippen LogP contribution is 2.24. The maximum absolute atomic E-state index is 13.1. The van der Waals surface area contributed by atoms with Gasteiger partial charge in [0.05, 0.1) is 22.2 Å². The van der Waals surface area contributed by atoms with Crippen LogP contribution in [0.1, 0.15) is 19.3 Å². The Balaban J connectivity index is 1.64. The second-order valence-electron chi connectivity index (χ2n) is 6.52. The lowest BCUT2D eigenvalue weighted by Crippen LogP contribution is -2.35. The van der Waals surface area contributed by atoms with Gasteiger partial charge in [0.25, 0.3) is 0 Å². The minimum Gasteiger partial charge on any atom is -0.375 e. The molecule has 0 spiro atoms. The van der Waals surface area contributed by atoms with E-state index < -0.39 is 15.8 Å². The number of nitrogens with zero attached hydrogens (tertiary/aromatic N) is 1. The van der Waals surface area contributed by atoms with E-state index in [9.17, 15) is 17.6 Å². The lowest BCUT2D eigenvalue weighted by Gasteiger charge is -2.26. The highest BCUT2D eigenvalue weighted by atomic mass is 35.5. The number of amides is 1. The highest BCUT2D eigenvalue weighted by Gasteiger charge is 2.26. The van der Waals surface area contributed by atoms with Gasteiger partial charge in [0.15, 0.2) is 0 Å². The Morgan fingerprint density at radius 1 is 1.11 bits per heavy atom. The van der Waals surface area contributed by atoms with Crippen LogP contribution in [0.2, 0.25) is 5.02 Å². The molecule has 0 aliphatic carbocycles. The molecule has 1 fully saturated rings. The maximum atomic E-state index is 13.1. The van der Waals surface area contributed by atoms with Gasteiger partial charge in [-0.15, -0.1) is 0 Å². The molecule has 3 rings (SSSR count). The van der Waals surface area contributed by atoms with Crippen LogP contribution in [0.25, 0.3) is 0 Å². The number of piperidine rings is 1. The SMILES string of the molecule is O=C(CNc1ccc(F)cc1Cl)Nc1cccc(S(=O)(=O)N2CCCCC2)c1. The average molecular weight is 426 g/mol. The first kappa shape index (κ1) is 20.6. The molecule has 2 aromatic carbocycles. The molecule has 0 atom stereocenters. The predicted octanol–water partition coefficient (Wildman–Crippen LogP) is 3.70. The summed E-state index contributed by atoms with van der Waals surface area (Å²) in [7, 11) is -3.57. The average Bonchev–Trinajstić information content (AvgIpc) is 2.68. The third-order valence-corrected chi connectivity index (χ3v) is 6.65. The fourth-order valence-corrected chi connectivity index (χ4v) is 4.80. The Hall–Kier alpha value is -2.16. The van der Waals surface area contributed by atoms with E-state index in [1.807, 2.05) is 0 Å². The molecule has 0 aromatic heterocycles. The predicted molar refractivity (Wildman–Crippen MR) is 108 cm³/mol. The first-order valence-corrected chi connectivity index (χ1v) is 10.8. The highest BCUT2D eigenvalue weighted by molar-refractivity contribution is 7.89. The van der Waals surface area contributed by atoms with Crippen molar-refractivity contribution in [1.29, 1.82) is 0 Å². The van der Waals surface area contributed by atoms with Crippen molar-refractivity contribution >= 4 is 38.9 Å². The van der Waals surface area contributed by atoms with Gasteiger partial charge in [-0.1, -0.05) is 24.1 Å². The fraction of sp³-hybridized carbons (Fsp3) is 0.316. The van der Waals surface area contributed by atoms with Crippen molar-refractivity contribution < 1.29 is 17.6 Å². The molecule has 1 heterocycles. The van der Waals surface area contributed by atoms with Gasteiger partial charge in [-0.2, -0.15) is 4.31 Å². The number of carbonyl (C=O) groups excluding carboxylic acids is 1. The summed E-state index contributed by atoms with van der Waals surface area (Å²) < 4.78 is 40.1. The maximum Gasteiger partial charge on any atom is 0.243 e. The summed E-state index contributed by atoms with van der Waals surface area (Å²) in [5.74, 6) is -0.848. The molecule has 1 saturated heterocycles. The zero-order valence-electron chi connectivity index (χ0n) is 15.1. The number of nitrogens with one attached hydrogen (secondary N) is 2. The van der Waals surface area contributed by atoms with Crippen LogP contribution in [0.4, 0.5) is 15.8 Å². The Morgan fingerprint density at radius 2 is 1.86 bits per heavy atom. The number of rotatable bonds is 6. The lowest BCUT2D eigenvalue weighted by molar-refractivity contribution is -0.114. The number of halogens is 2. The van der Waals surface area contributed by atoms with Gasteiger partial charge in [0.1, 0.15) is 5.82 Å². The minimum atomic E-state index is -3.57. The third kappa shape index (κ3) is 5.01. The quantitative estimate of drug-likeness (QED) is 0.739. The Morgan fingerprint density at radius 3 is 2.57 bits per heavy atom. The summed E-state index contributed by atoms with van der Waals surface area (Å²) in [5, 5.41) is 5.65. The molecule has 150 valence electrons. The van der Waals surface area contributed by atoms with Gasteiger partial charge in [0.2, 0.25) is 15.9 Å². The van der Waals surface area contributed by atoms with Crippen LogP contribution in [0.3, 0.4) is 0 Å². The van der Waals surface area contributed by atoms with Crippen LogP contribution in [-0.4, -0.2) is 38.3 Å². The van der Waals surface area contributed by atoms with Crippen LogP contribution < -0.4 is 10.6 Å². The molecule has 6 nitrogen and oxygen atoms in total. The molecular weight excluding hydrogens is 405 g/mol. The van der Waals surface area contributed by atoms with Crippen LogP contribution in [0, 0.1) is 5.82 Å². The van der Waals surface area contributed by atoms with Crippen molar-refractivity contribution in [2.45, 2.75) is 24.2 Å². The Kier molecular flexibility index (Phi) is 6.53. The summed E-state index contributed by atoms with van der Waals surface area (Å²) in [6.07, 6.45) is 2.74. The largest absolute Gasteiger partial charge is 0.375 e. The van der Waals surface area contributed by atoms with Crippen molar-refractivity contribution in [2.24, 2.45) is 0 Å². The monoisotopic (exact) mass is 425 g/mol. The van der Waals surface area contributed by atoms with Crippen molar-refractivity contribution in [2.75, 3.05) is 30.3 Å². The van der Waals surface area contributed by atoms with Crippen molar-refractivity contribution in [3.05, 3.63) is 53.3 Å². The van der Waals surface area contributed by atoms with Gasteiger partial charge in [0, 0.05) is 18.8 Å². The molecule has 2 aromatic rings. The van der Waals surface area contributed by atoms with Gasteiger partial charge in [-0.3, -0.25) is 4.79 Å². The van der Waals surface area contributed by atoms with Crippen LogP contribution in [0.5, 0.6) is 0 Å². The Bertz CT molecular complexity index is 963. The van der Waals surface area contributed by atoms with Gasteiger partial charge in [-0.25, -0.2) is 12.8 Å². The van der Waals surface area contributed by atoms with Gasteiger partial charge < -0.3 is 10.6 Å². The summed E-state index contributed by atoms with van der Waals surface area (Å²) in [4.78, 5) is 12.3. The topological polar surface area (TPSA) is 78.5 Å². The smallest absolute Gasteiger partial charge is 0.243 e. The normalized spacial score (nSPS) is 15.2. The van der Waals surface area contributed by atoms with Crippen molar-refractivity contribution in [1.82, 2.24) is 4.31 Å². The van der Waals surface area contributed by atoms with E-state index >= 15 is 0 Å². The van der Waals surface area contributed by atoms with E-state index in [1.165, 1.54) is 28.6 Å². The standard InChI is InChI=1S/C19H21ClFN3O3S/c20-17-11-14(21)7-8-18(17)22-13-19(25)23-15-5-4-6-16(12-15)28(26,27)24-9-2-1-3-10-24/h4-8,11-12,22H,1-3,9-10,13H2,(H,23,25). The van der Waals surface area contributed by atoms with E-state index in [-0.39, 0.29) is 22.4 Å². The Labute approximate surface area is 168 Å². The molecule has 0 radical (unpaired) electrons. The molecule has 0 unspecified atom stereocenters. The molecule has 1 aliphatic heterocycles. The van der Waals surface area contributed by atoms with E-state index in [0.29, 0.717) is 24.5 Å². The van der Waals surface area contributed by atoms with E-state index in [2.05, 4.69) is 10.6 Å². The fourth-order valence-electron chi connectivity index (χ4n) is 3.00. The molecule has 9 heteroatoms. The third-order valence-electron chi connectivity index (χ3n) is 4.44. The van der Waals surface area contributed by atoms with E-state index in [4.69, 9.17) is 11.6 Å². The van der Waals surface area contributed by atoms with Crippen LogP contribution in [0.15, 0.2) is 47.4 Å². The summed E-state index contributed by atoms with van der Waals surface area (Å²) >= 11 is 5.91. The van der Waals surface area contributed by atoms with E-state index in [1.54, 1.807) is 12.1 Å². The van der Waals surface area contributed by atoms with Gasteiger partial charge >= 0.3 is 0 Å². The zero-order valence-corrected chi connectivity index (χ0v) is 16.7. The van der Waals surface area contributed by atoms with Crippen LogP contribution >= 0.6 is 11.6 Å². The first-order chi connectivity index (χ1) is 13.4. The first-order valence-electron chi connectivity index (χ1n) is 8.95. The number of hydrogen-bond donors (Lipinski definition) is 2. The van der Waals surface area contributed by atoms with Gasteiger partial charge in [-0.05, 0) is 49.2 Å². The lowest BCUT2D eigenvalue weighted by atomic mass is 10.2. The van der Waals surface area contributed by atoms with Crippen molar-refractivity contribution in [3.8, 4) is 0 Å². The molecular formula is C19H21ClFN3O3S. The second-order valence-corrected chi connectivity index (χ2v) is 8.86. The number of benzene rings is 2. The number of anilines is 2. The summed E-state index contributed by atoms with van der Waals surface area (Å²) in [6.45, 7) is 0.928. The molecule has 1 aliphatic rings. The molecule has 0 saturated carbocycles. The molecule has 1 amide bonds. The molecule has 2 N–H and O–H groups in total. The summed E-state index contributed by atoms with van der Waals surface area (Å²) in [5.41, 5.74) is 0.815. The molecule has 28 heavy (non-hydrogen) atoms.